The van der Waals surface area contributed by atoms with E-state index in [0.29, 0.717) is 6.61 Å². The number of thioether (sulfide) groups is 1. The molecule has 5 atom stereocenters. The molecule has 2 rings (SSSR count). The van der Waals surface area contributed by atoms with Gasteiger partial charge in [-0.1, -0.05) is 11.8 Å². The molecule has 0 spiro atoms. The fourth-order valence-electron chi connectivity index (χ4n) is 2.51. The Hall–Kier alpha value is -0.930. The van der Waals surface area contributed by atoms with Crippen molar-refractivity contribution in [2.24, 2.45) is 0 Å². The maximum absolute atomic E-state index is 12.1. The summed E-state index contributed by atoms with van der Waals surface area (Å²) < 4.78 is 10.3. The molecule has 1 fully saturated rings. The van der Waals surface area contributed by atoms with Gasteiger partial charge in [0.1, 0.15) is 18.4 Å². The number of hydrogen-bond acceptors (Lipinski definition) is 6. The number of carbonyl (C=O) groups excluding carboxylic acids is 2. The Labute approximate surface area is 121 Å². The lowest BCUT2D eigenvalue weighted by Gasteiger charge is -2.35. The minimum Gasteiger partial charge on any atom is -0.383 e. The van der Waals surface area contributed by atoms with Crippen LogP contribution in [0.25, 0.3) is 0 Å². The van der Waals surface area contributed by atoms with Gasteiger partial charge in [-0.15, -0.1) is 0 Å². The highest BCUT2D eigenvalue weighted by Gasteiger charge is 2.56. The monoisotopic (exact) mass is 303 g/mol. The summed E-state index contributed by atoms with van der Waals surface area (Å²) >= 11 is 1.44. The number of hydrogen-bond donors (Lipinski definition) is 2. The second kappa shape index (κ2) is 5.82. The van der Waals surface area contributed by atoms with Crippen molar-refractivity contribution in [3.8, 4) is 0 Å². The Balaban J connectivity index is 2.26. The number of ether oxygens (including phenoxy) is 2. The number of nitrogens with one attached hydrogen (secondary N) is 1. The van der Waals surface area contributed by atoms with Crippen LogP contribution in [0.2, 0.25) is 0 Å². The molecule has 2 aliphatic rings. The molecule has 3 unspecified atom stereocenters. The summed E-state index contributed by atoms with van der Waals surface area (Å²) in [5.74, 6) is -0.445. The molecule has 112 valence electrons. The lowest BCUT2D eigenvalue weighted by molar-refractivity contribution is -0.792. The second-order valence-corrected chi connectivity index (χ2v) is 6.33. The number of quaternary nitrogens is 1. The van der Waals surface area contributed by atoms with Gasteiger partial charge >= 0.3 is 6.03 Å². The predicted molar refractivity (Wildman–Crippen MR) is 72.7 cm³/mol. The number of aliphatic hydroxyl groups is 1. The van der Waals surface area contributed by atoms with E-state index < -0.39 is 29.5 Å². The quantitative estimate of drug-likeness (QED) is 0.691. The molecule has 0 aliphatic carbocycles. The normalized spacial score (nSPS) is 41.0. The van der Waals surface area contributed by atoms with E-state index in [0.717, 1.165) is 0 Å². The van der Waals surface area contributed by atoms with Crippen molar-refractivity contribution in [1.82, 2.24) is 5.32 Å². The standard InChI is InChI=1S/C12H18N2O5S/c1-14(5-4-8(15)13-12(14)17)11-9(16)10(19-3)7(20-11)6-18-2/h4-5,7,9-11,16H,6H2,1-3H3/p+1/t7-,9?,10?,11-,14?/m1/s1. The van der Waals surface area contributed by atoms with Gasteiger partial charge < -0.3 is 14.6 Å². The molecule has 2 aliphatic heterocycles. The van der Waals surface area contributed by atoms with Crippen molar-refractivity contribution in [1.29, 1.82) is 0 Å². The number of aliphatic hydroxyl groups excluding tert-OH is 1. The van der Waals surface area contributed by atoms with E-state index in [-0.39, 0.29) is 9.73 Å². The van der Waals surface area contributed by atoms with Crippen LogP contribution in [0.15, 0.2) is 12.3 Å². The second-order valence-electron chi connectivity index (χ2n) is 4.97. The SMILES string of the molecule is COC[C@H]1S[C@@H]([N+]2(C)C=CC(=O)NC2=O)C(O)C1OC. The zero-order chi connectivity index (χ0) is 14.9. The molecular formula is C12H19N2O5S+. The Morgan fingerprint density at radius 3 is 2.70 bits per heavy atom. The van der Waals surface area contributed by atoms with Crippen LogP contribution in [0.5, 0.6) is 0 Å². The predicted octanol–water partition coefficient (Wildman–Crippen LogP) is -0.340. The number of urea groups is 1. The maximum atomic E-state index is 12.1. The Morgan fingerprint density at radius 2 is 2.15 bits per heavy atom. The molecule has 0 aromatic rings. The number of nitrogens with zero attached hydrogens (tertiary/aromatic N) is 1. The zero-order valence-corrected chi connectivity index (χ0v) is 12.4. The van der Waals surface area contributed by atoms with E-state index in [1.165, 1.54) is 31.1 Å². The van der Waals surface area contributed by atoms with Gasteiger partial charge in [0.05, 0.1) is 25.0 Å². The summed E-state index contributed by atoms with van der Waals surface area (Å²) in [4.78, 5) is 23.3. The van der Waals surface area contributed by atoms with E-state index in [9.17, 15) is 14.7 Å². The fourth-order valence-corrected chi connectivity index (χ4v) is 4.25. The molecule has 20 heavy (non-hydrogen) atoms. The van der Waals surface area contributed by atoms with Crippen LogP contribution in [0, 0.1) is 0 Å². The third-order valence-corrected chi connectivity index (χ3v) is 5.39. The molecule has 3 amide bonds. The van der Waals surface area contributed by atoms with Crippen molar-refractivity contribution in [2.75, 3.05) is 27.9 Å². The van der Waals surface area contributed by atoms with Gasteiger partial charge in [0, 0.05) is 14.2 Å². The molecule has 0 radical (unpaired) electrons. The lowest BCUT2D eigenvalue weighted by atomic mass is 10.1. The average Bonchev–Trinajstić information content (AvgIpc) is 2.72. The molecule has 0 aromatic carbocycles. The summed E-state index contributed by atoms with van der Waals surface area (Å²) in [6, 6.07) is -0.457. The zero-order valence-electron chi connectivity index (χ0n) is 11.6. The molecule has 1 saturated heterocycles. The van der Waals surface area contributed by atoms with Gasteiger partial charge in [-0.25, -0.2) is 14.6 Å². The van der Waals surface area contributed by atoms with Crippen LogP contribution >= 0.6 is 11.8 Å². The number of amides is 3. The molecule has 8 heteroatoms. The Bertz CT molecular complexity index is 444. The Kier molecular flexibility index (Phi) is 4.50. The summed E-state index contributed by atoms with van der Waals surface area (Å²) in [5.41, 5.74) is 0. The highest BCUT2D eigenvalue weighted by molar-refractivity contribution is 8.00. The van der Waals surface area contributed by atoms with Crippen LogP contribution in [0.4, 0.5) is 4.79 Å². The van der Waals surface area contributed by atoms with Crippen LogP contribution in [-0.4, -0.2) is 72.2 Å². The largest absolute Gasteiger partial charge is 0.428 e. The van der Waals surface area contributed by atoms with Crippen molar-refractivity contribution < 1.29 is 28.7 Å². The lowest BCUT2D eigenvalue weighted by Crippen LogP contribution is -2.61. The fraction of sp³-hybridized carbons (Fsp3) is 0.667. The van der Waals surface area contributed by atoms with Gasteiger partial charge in [-0.05, 0) is 0 Å². The summed E-state index contributed by atoms with van der Waals surface area (Å²) in [6.07, 6.45) is 1.56. The third-order valence-electron chi connectivity index (χ3n) is 3.64. The number of methoxy groups -OCH3 is 2. The highest BCUT2D eigenvalue weighted by atomic mass is 32.2. The van der Waals surface area contributed by atoms with E-state index in [1.54, 1.807) is 14.2 Å². The average molecular weight is 303 g/mol. The van der Waals surface area contributed by atoms with Gasteiger partial charge in [0.15, 0.2) is 5.37 Å². The van der Waals surface area contributed by atoms with Crippen molar-refractivity contribution in [3.05, 3.63) is 12.3 Å². The van der Waals surface area contributed by atoms with E-state index in [4.69, 9.17) is 9.47 Å². The highest BCUT2D eigenvalue weighted by Crippen LogP contribution is 2.41. The first-order valence-electron chi connectivity index (χ1n) is 6.20. The molecule has 0 bridgehead atoms. The van der Waals surface area contributed by atoms with Crippen LogP contribution in [-0.2, 0) is 14.3 Å². The smallest absolute Gasteiger partial charge is 0.383 e. The molecule has 0 aromatic heterocycles. The van der Waals surface area contributed by atoms with Crippen LogP contribution < -0.4 is 5.32 Å². The first-order valence-corrected chi connectivity index (χ1v) is 7.14. The van der Waals surface area contributed by atoms with Crippen molar-refractivity contribution >= 4 is 23.7 Å². The molecular weight excluding hydrogens is 284 g/mol. The van der Waals surface area contributed by atoms with E-state index >= 15 is 0 Å². The Morgan fingerprint density at radius 1 is 1.45 bits per heavy atom. The minimum atomic E-state index is -0.834. The number of carbonyl (C=O) groups is 2. The maximum Gasteiger partial charge on any atom is 0.428 e. The topological polar surface area (TPSA) is 84.9 Å². The van der Waals surface area contributed by atoms with Crippen LogP contribution in [0.3, 0.4) is 0 Å². The first-order chi connectivity index (χ1) is 9.43. The number of rotatable bonds is 4. The van der Waals surface area contributed by atoms with E-state index in [2.05, 4.69) is 5.32 Å². The van der Waals surface area contributed by atoms with Gasteiger partial charge in [-0.2, -0.15) is 0 Å². The first kappa shape index (κ1) is 15.5. The van der Waals surface area contributed by atoms with Crippen molar-refractivity contribution in [2.45, 2.75) is 22.8 Å². The summed E-state index contributed by atoms with van der Waals surface area (Å²) in [5, 5.41) is 12.2. The molecule has 7 nitrogen and oxygen atoms in total. The molecule has 2 N–H and O–H groups in total. The van der Waals surface area contributed by atoms with E-state index in [1.807, 2.05) is 0 Å². The van der Waals surface area contributed by atoms with Crippen LogP contribution in [0.1, 0.15) is 0 Å². The van der Waals surface area contributed by atoms with Gasteiger partial charge in [0.2, 0.25) is 0 Å². The summed E-state index contributed by atoms with van der Waals surface area (Å²) in [6.45, 7) is 0.418. The third kappa shape index (κ3) is 2.49. The number of likely N-dealkylation sites (N-methyl/N-ethyl adjacent to an activating group) is 1. The molecule has 0 saturated carbocycles. The van der Waals surface area contributed by atoms with Gasteiger partial charge in [0.25, 0.3) is 5.91 Å². The minimum absolute atomic E-state index is 0.0706. The number of imide groups is 1. The van der Waals surface area contributed by atoms with Crippen molar-refractivity contribution in [3.63, 3.8) is 0 Å². The molecule has 2 heterocycles. The van der Waals surface area contributed by atoms with Gasteiger partial charge in [-0.3, -0.25) is 4.79 Å². The summed E-state index contributed by atoms with van der Waals surface area (Å²) in [7, 11) is 4.76.